The molecule has 1 aliphatic carbocycles. The van der Waals surface area contributed by atoms with Crippen molar-refractivity contribution in [2.24, 2.45) is 5.92 Å². The molecule has 2 fully saturated rings. The first kappa shape index (κ1) is 31.6. The quantitative estimate of drug-likeness (QED) is 0.263. The number of likely N-dealkylation sites (tertiary alicyclic amines) is 1. The lowest BCUT2D eigenvalue weighted by Gasteiger charge is -2.40. The average molecular weight is 612 g/mol. The van der Waals surface area contributed by atoms with Crippen molar-refractivity contribution < 1.29 is 49.2 Å². The maximum Gasteiger partial charge on any atom is 0.435 e. The summed E-state index contributed by atoms with van der Waals surface area (Å²) in [7, 11) is 1.43. The Hall–Kier alpha value is -2.38. The van der Waals surface area contributed by atoms with Crippen LogP contribution in [0.15, 0.2) is 53.4 Å². The third kappa shape index (κ3) is 5.45. The minimum Gasteiger partial charge on any atom is -0.611 e. The van der Waals surface area contributed by atoms with Gasteiger partial charge in [-0.2, -0.15) is 26.3 Å². The molecule has 1 aliphatic heterocycles. The van der Waals surface area contributed by atoms with Gasteiger partial charge in [0.2, 0.25) is 0 Å². The first-order chi connectivity index (χ1) is 19.0. The largest absolute Gasteiger partial charge is 0.611 e. The lowest BCUT2D eigenvalue weighted by atomic mass is 9.78. The highest BCUT2D eigenvalue weighted by Gasteiger charge is 2.73. The van der Waals surface area contributed by atoms with E-state index in [1.54, 1.807) is 0 Å². The first-order valence-electron chi connectivity index (χ1n) is 13.0. The van der Waals surface area contributed by atoms with E-state index in [9.17, 15) is 44.5 Å². The highest BCUT2D eigenvalue weighted by atomic mass is 32.2. The summed E-state index contributed by atoms with van der Waals surface area (Å²) < 4.78 is 126. The summed E-state index contributed by atoms with van der Waals surface area (Å²) in [5, 5.41) is 0. The lowest BCUT2D eigenvalue weighted by Crippen LogP contribution is -2.52. The van der Waals surface area contributed by atoms with Gasteiger partial charge in [-0.1, -0.05) is 31.2 Å². The summed E-state index contributed by atoms with van der Waals surface area (Å²) in [6, 6.07) is 7.16. The fraction of sp³-hybridized carbons (Fsp3) is 0.536. The monoisotopic (exact) mass is 611 g/mol. The fourth-order valence-electron chi connectivity index (χ4n) is 5.75. The molecule has 2 aliphatic rings. The third-order valence-corrected chi connectivity index (χ3v) is 10.3. The van der Waals surface area contributed by atoms with E-state index in [4.69, 9.17) is 4.74 Å². The second kappa shape index (κ2) is 11.0. The molecule has 226 valence electrons. The van der Waals surface area contributed by atoms with Crippen molar-refractivity contribution in [3.8, 4) is 0 Å². The molecule has 4 nitrogen and oxygen atoms in total. The number of amides is 1. The van der Waals surface area contributed by atoms with Crippen LogP contribution in [0.4, 0.5) is 35.1 Å². The first-order valence-corrected chi connectivity index (χ1v) is 14.1. The summed E-state index contributed by atoms with van der Waals surface area (Å²) in [6.07, 6.45) is -10.2. The SMILES string of the molecule is COC1(C(=O)N2CC[C@](c3ccc(C(F)(C(F)(F)F)C(F)(F)F)cc3)([S+]([O-])c3ccc(F)cc3)C2)CCC(C)CC1. The lowest BCUT2D eigenvalue weighted by molar-refractivity contribution is -0.348. The predicted molar refractivity (Wildman–Crippen MR) is 134 cm³/mol. The van der Waals surface area contributed by atoms with Crippen LogP contribution in [-0.2, 0) is 31.1 Å². The van der Waals surface area contributed by atoms with E-state index in [2.05, 4.69) is 6.92 Å². The molecule has 0 N–H and O–H groups in total. The normalized spacial score (nSPS) is 26.7. The fourth-order valence-corrected chi connectivity index (χ4v) is 7.48. The van der Waals surface area contributed by atoms with Gasteiger partial charge in [0.1, 0.15) is 11.4 Å². The molecule has 41 heavy (non-hydrogen) atoms. The molecule has 2 aromatic carbocycles. The van der Waals surface area contributed by atoms with Gasteiger partial charge in [-0.3, -0.25) is 4.79 Å². The Bertz CT molecular complexity index is 1210. The van der Waals surface area contributed by atoms with Crippen LogP contribution in [0.3, 0.4) is 0 Å². The molecule has 0 aromatic heterocycles. The molecule has 2 aromatic rings. The Kier molecular flexibility index (Phi) is 8.49. The van der Waals surface area contributed by atoms with E-state index >= 15 is 0 Å². The number of alkyl halides is 7. The zero-order chi connectivity index (χ0) is 30.4. The topological polar surface area (TPSA) is 52.6 Å². The van der Waals surface area contributed by atoms with Crippen molar-refractivity contribution >= 4 is 17.1 Å². The Labute approximate surface area is 235 Å². The van der Waals surface area contributed by atoms with Crippen LogP contribution in [0, 0.1) is 11.7 Å². The summed E-state index contributed by atoms with van der Waals surface area (Å²) in [5.41, 5.74) is -8.36. The zero-order valence-corrected chi connectivity index (χ0v) is 23.1. The van der Waals surface area contributed by atoms with E-state index < -0.39 is 50.9 Å². The zero-order valence-electron chi connectivity index (χ0n) is 22.2. The Morgan fingerprint density at radius 3 is 1.95 bits per heavy atom. The Balaban J connectivity index is 1.75. The van der Waals surface area contributed by atoms with Gasteiger partial charge in [0, 0.05) is 31.2 Å². The van der Waals surface area contributed by atoms with E-state index in [1.165, 1.54) is 24.1 Å². The maximum absolute atomic E-state index is 14.7. The van der Waals surface area contributed by atoms with Crippen LogP contribution in [0.25, 0.3) is 0 Å². The van der Waals surface area contributed by atoms with E-state index in [0.29, 0.717) is 30.9 Å². The molecule has 4 rings (SSSR count). The maximum atomic E-state index is 14.7. The molecular formula is C28H29F8NO3S. The molecular weight excluding hydrogens is 582 g/mol. The number of carbonyl (C=O) groups is 1. The molecule has 1 saturated heterocycles. The molecule has 0 bridgehead atoms. The summed E-state index contributed by atoms with van der Waals surface area (Å²) >= 11 is -2.04. The van der Waals surface area contributed by atoms with Crippen molar-refractivity contribution in [2.75, 3.05) is 20.2 Å². The molecule has 1 unspecified atom stereocenters. The van der Waals surface area contributed by atoms with E-state index in [1.807, 2.05) is 0 Å². The molecule has 1 saturated carbocycles. The van der Waals surface area contributed by atoms with Crippen LogP contribution in [0.1, 0.15) is 50.2 Å². The highest BCUT2D eigenvalue weighted by Crippen LogP contribution is 2.54. The minimum absolute atomic E-state index is 0.0254. The number of hydrogen-bond donors (Lipinski definition) is 0. The van der Waals surface area contributed by atoms with Gasteiger partial charge in [0.15, 0.2) is 9.64 Å². The van der Waals surface area contributed by atoms with Gasteiger partial charge >= 0.3 is 18.0 Å². The number of nitrogens with zero attached hydrogens (tertiary/aromatic N) is 1. The van der Waals surface area contributed by atoms with Gasteiger partial charge in [0.25, 0.3) is 5.91 Å². The number of ether oxygens (including phenoxy) is 1. The summed E-state index contributed by atoms with van der Waals surface area (Å²) in [5.74, 6) is -0.567. The van der Waals surface area contributed by atoms with Crippen LogP contribution < -0.4 is 0 Å². The molecule has 1 heterocycles. The molecule has 2 atom stereocenters. The van der Waals surface area contributed by atoms with Crippen molar-refractivity contribution in [1.29, 1.82) is 0 Å². The standard InChI is InChI=1S/C28H29F8NO3S/c1-18-11-13-24(40-2,14-12-18)23(38)37-16-15-25(17-37,41(39)22-9-7-21(29)8-10-22)19-3-5-20(6-4-19)26(30,27(31,32)33)28(34,35)36/h3-10,18H,11-17H2,1-2H3/t18?,24?,25-,41?/m0/s1. The second-order valence-electron chi connectivity index (χ2n) is 10.8. The summed E-state index contributed by atoms with van der Waals surface area (Å²) in [6.45, 7) is 1.94. The Morgan fingerprint density at radius 1 is 0.927 bits per heavy atom. The van der Waals surface area contributed by atoms with Gasteiger partial charge in [-0.05, 0) is 67.0 Å². The number of benzene rings is 2. The average Bonchev–Trinajstić information content (AvgIpc) is 3.38. The number of rotatable bonds is 6. The highest BCUT2D eigenvalue weighted by molar-refractivity contribution is 7.92. The molecule has 0 radical (unpaired) electrons. The molecule has 0 spiro atoms. The van der Waals surface area contributed by atoms with Crippen molar-refractivity contribution in [3.05, 3.63) is 65.5 Å². The van der Waals surface area contributed by atoms with Crippen molar-refractivity contribution in [3.63, 3.8) is 0 Å². The van der Waals surface area contributed by atoms with Gasteiger partial charge in [-0.15, -0.1) is 0 Å². The minimum atomic E-state index is -6.29. The number of halogens is 8. The van der Waals surface area contributed by atoms with Gasteiger partial charge in [0.05, 0.1) is 6.54 Å². The number of hydrogen-bond acceptors (Lipinski definition) is 3. The Morgan fingerprint density at radius 2 is 1.46 bits per heavy atom. The summed E-state index contributed by atoms with van der Waals surface area (Å²) in [4.78, 5) is 15.3. The van der Waals surface area contributed by atoms with Gasteiger partial charge in [-0.25, -0.2) is 8.78 Å². The molecule has 1 amide bonds. The van der Waals surface area contributed by atoms with Crippen molar-refractivity contribution in [2.45, 2.75) is 72.3 Å². The number of carbonyl (C=O) groups excluding carboxylic acids is 1. The van der Waals surface area contributed by atoms with E-state index in [0.717, 1.165) is 37.1 Å². The van der Waals surface area contributed by atoms with Crippen LogP contribution in [0.5, 0.6) is 0 Å². The van der Waals surface area contributed by atoms with Gasteiger partial charge < -0.3 is 14.2 Å². The number of methoxy groups -OCH3 is 1. The van der Waals surface area contributed by atoms with Crippen LogP contribution in [0.2, 0.25) is 0 Å². The smallest absolute Gasteiger partial charge is 0.435 e. The molecule has 13 heteroatoms. The predicted octanol–water partition coefficient (Wildman–Crippen LogP) is 6.95. The second-order valence-corrected chi connectivity index (χ2v) is 12.6. The van der Waals surface area contributed by atoms with Crippen LogP contribution in [-0.4, -0.2) is 53.5 Å². The van der Waals surface area contributed by atoms with Crippen molar-refractivity contribution in [1.82, 2.24) is 4.90 Å². The van der Waals surface area contributed by atoms with Crippen LogP contribution >= 0.6 is 0 Å². The van der Waals surface area contributed by atoms with E-state index in [-0.39, 0.29) is 35.9 Å². The third-order valence-electron chi connectivity index (χ3n) is 8.35.